The minimum absolute atomic E-state index is 0.0578. The number of fused-ring (bicyclic) bond motifs is 1. The standard InChI is InChI=1S/C16H20N4O7/c1-6(22)18-11-13(24)12(23)9(5-21)26-16(11)27-15-7-3-2-4-8(17)10(7)14(25)19-20-15/h2-4,9,11-13,16,21,23-24H,5,17H2,1H3,(H,18,22)(H,19,25)/t9-,11+,12-,13-,16+/m1/s1. The minimum Gasteiger partial charge on any atom is -0.444 e. The highest BCUT2D eigenvalue weighted by Gasteiger charge is 2.46. The zero-order valence-corrected chi connectivity index (χ0v) is 14.3. The highest BCUT2D eigenvalue weighted by Crippen LogP contribution is 2.28. The van der Waals surface area contributed by atoms with E-state index >= 15 is 0 Å². The molecule has 0 radical (unpaired) electrons. The average Bonchev–Trinajstić information content (AvgIpc) is 2.63. The molecular formula is C16H20N4O7. The Labute approximate surface area is 152 Å². The van der Waals surface area contributed by atoms with Crippen molar-refractivity contribution in [1.82, 2.24) is 15.5 Å². The predicted octanol–water partition coefficient (Wildman–Crippen LogP) is -2.17. The van der Waals surface area contributed by atoms with Crippen molar-refractivity contribution in [3.63, 3.8) is 0 Å². The zero-order chi connectivity index (χ0) is 19.7. The van der Waals surface area contributed by atoms with Crippen molar-refractivity contribution in [3.05, 3.63) is 28.6 Å². The Morgan fingerprint density at radius 3 is 2.81 bits per heavy atom. The van der Waals surface area contributed by atoms with Gasteiger partial charge in [-0.3, -0.25) is 9.59 Å². The maximum Gasteiger partial charge on any atom is 0.274 e. The highest BCUT2D eigenvalue weighted by atomic mass is 16.7. The second kappa shape index (κ2) is 7.48. The molecular weight excluding hydrogens is 360 g/mol. The summed E-state index contributed by atoms with van der Waals surface area (Å²) in [6.45, 7) is 0.639. The van der Waals surface area contributed by atoms with Crippen LogP contribution in [0.5, 0.6) is 5.88 Å². The van der Waals surface area contributed by atoms with E-state index in [1.165, 1.54) is 6.92 Å². The van der Waals surface area contributed by atoms with Crippen molar-refractivity contribution in [2.24, 2.45) is 0 Å². The number of aromatic nitrogens is 2. The SMILES string of the molecule is CC(=O)N[C@@H]1[C@H](Oc2n[nH]c(=O)c3c(N)cccc23)O[C@H](CO)[C@@H](O)[C@@H]1O. The molecule has 2 heterocycles. The number of benzene rings is 1. The number of carbonyl (C=O) groups is 1. The maximum absolute atomic E-state index is 12.0. The van der Waals surface area contributed by atoms with E-state index in [2.05, 4.69) is 15.5 Å². The van der Waals surface area contributed by atoms with Crippen LogP contribution in [0.3, 0.4) is 0 Å². The Morgan fingerprint density at radius 1 is 1.41 bits per heavy atom. The molecule has 0 spiro atoms. The first-order valence-electron chi connectivity index (χ1n) is 8.16. The number of nitrogen functional groups attached to an aromatic ring is 1. The molecule has 1 amide bonds. The number of hydrogen-bond donors (Lipinski definition) is 6. The summed E-state index contributed by atoms with van der Waals surface area (Å²) in [4.78, 5) is 23.5. The molecule has 5 atom stereocenters. The summed E-state index contributed by atoms with van der Waals surface area (Å²) in [5.74, 6) is -0.549. The molecule has 27 heavy (non-hydrogen) atoms. The summed E-state index contributed by atoms with van der Waals surface area (Å²) < 4.78 is 11.2. The van der Waals surface area contributed by atoms with Gasteiger partial charge in [0.15, 0.2) is 0 Å². The largest absolute Gasteiger partial charge is 0.444 e. The predicted molar refractivity (Wildman–Crippen MR) is 92.8 cm³/mol. The number of aliphatic hydroxyl groups excluding tert-OH is 3. The molecule has 11 nitrogen and oxygen atoms in total. The molecule has 1 aliphatic rings. The van der Waals surface area contributed by atoms with Gasteiger partial charge in [-0.15, -0.1) is 5.10 Å². The summed E-state index contributed by atoms with van der Waals surface area (Å²) in [5.41, 5.74) is 5.54. The quantitative estimate of drug-likeness (QED) is 0.322. The Morgan fingerprint density at radius 2 is 2.15 bits per heavy atom. The molecule has 0 aliphatic carbocycles. The average molecular weight is 380 g/mol. The Balaban J connectivity index is 2.00. The third-order valence-electron chi connectivity index (χ3n) is 4.29. The first-order valence-corrected chi connectivity index (χ1v) is 8.16. The van der Waals surface area contributed by atoms with Gasteiger partial charge in [-0.05, 0) is 12.1 Å². The monoisotopic (exact) mass is 380 g/mol. The summed E-state index contributed by atoms with van der Waals surface area (Å²) >= 11 is 0. The molecule has 3 rings (SSSR count). The minimum atomic E-state index is -1.47. The molecule has 146 valence electrons. The lowest BCUT2D eigenvalue weighted by atomic mass is 9.97. The topological polar surface area (TPSA) is 180 Å². The summed E-state index contributed by atoms with van der Waals surface area (Å²) in [7, 11) is 0. The molecule has 0 bridgehead atoms. The van der Waals surface area contributed by atoms with Gasteiger partial charge in [0.1, 0.15) is 24.4 Å². The maximum atomic E-state index is 12.0. The molecule has 1 fully saturated rings. The lowest BCUT2D eigenvalue weighted by Gasteiger charge is -2.41. The molecule has 1 aromatic carbocycles. The van der Waals surface area contributed by atoms with Gasteiger partial charge in [-0.2, -0.15) is 0 Å². The van der Waals surface area contributed by atoms with E-state index in [4.69, 9.17) is 15.2 Å². The second-order valence-corrected chi connectivity index (χ2v) is 6.18. The van der Waals surface area contributed by atoms with E-state index in [9.17, 15) is 24.9 Å². The third kappa shape index (κ3) is 3.57. The first kappa shape index (κ1) is 19.0. The van der Waals surface area contributed by atoms with Crippen LogP contribution in [0, 0.1) is 0 Å². The number of amides is 1. The number of rotatable bonds is 4. The molecule has 7 N–H and O–H groups in total. The molecule has 11 heteroatoms. The number of anilines is 1. The van der Waals surface area contributed by atoms with Crippen molar-refractivity contribution < 1.29 is 29.6 Å². The molecule has 1 aromatic heterocycles. The molecule has 0 saturated carbocycles. The van der Waals surface area contributed by atoms with Crippen LogP contribution in [-0.4, -0.2) is 68.7 Å². The van der Waals surface area contributed by atoms with Crippen LogP contribution in [0.25, 0.3) is 10.8 Å². The van der Waals surface area contributed by atoms with Crippen LogP contribution in [0.15, 0.2) is 23.0 Å². The van der Waals surface area contributed by atoms with E-state index < -0.39 is 48.7 Å². The van der Waals surface area contributed by atoms with Crippen LogP contribution < -0.4 is 21.3 Å². The number of aromatic amines is 1. The van der Waals surface area contributed by atoms with E-state index in [1.807, 2.05) is 0 Å². The van der Waals surface area contributed by atoms with Crippen LogP contribution in [0.1, 0.15) is 6.92 Å². The number of aliphatic hydroxyl groups is 3. The summed E-state index contributed by atoms with van der Waals surface area (Å²) in [6.07, 6.45) is -5.35. The third-order valence-corrected chi connectivity index (χ3v) is 4.29. The first-order chi connectivity index (χ1) is 12.8. The van der Waals surface area contributed by atoms with Crippen molar-refractivity contribution in [1.29, 1.82) is 0 Å². The number of nitrogens with two attached hydrogens (primary N) is 1. The van der Waals surface area contributed by atoms with Crippen LogP contribution in [-0.2, 0) is 9.53 Å². The van der Waals surface area contributed by atoms with Gasteiger partial charge in [0.05, 0.1) is 17.4 Å². The Kier molecular flexibility index (Phi) is 5.28. The number of nitrogens with one attached hydrogen (secondary N) is 2. The smallest absolute Gasteiger partial charge is 0.274 e. The number of carbonyl (C=O) groups excluding carboxylic acids is 1. The number of hydrogen-bond acceptors (Lipinski definition) is 9. The molecule has 1 aliphatic heterocycles. The Bertz CT molecular complexity index is 902. The number of ether oxygens (including phenoxy) is 2. The van der Waals surface area contributed by atoms with Crippen LogP contribution >= 0.6 is 0 Å². The van der Waals surface area contributed by atoms with Crippen molar-refractivity contribution in [2.45, 2.75) is 37.6 Å². The van der Waals surface area contributed by atoms with Gasteiger partial charge in [0, 0.05) is 12.6 Å². The molecule has 2 aromatic rings. The highest BCUT2D eigenvalue weighted by molar-refractivity contribution is 5.94. The zero-order valence-electron chi connectivity index (χ0n) is 14.3. The lowest BCUT2D eigenvalue weighted by Crippen LogP contribution is -2.65. The fourth-order valence-corrected chi connectivity index (χ4v) is 2.99. The van der Waals surface area contributed by atoms with E-state index in [0.717, 1.165) is 0 Å². The molecule has 1 saturated heterocycles. The number of nitrogens with zero attached hydrogens (tertiary/aromatic N) is 1. The Hall–Kier alpha value is -2.73. The summed E-state index contributed by atoms with van der Waals surface area (Å²) in [5, 5.41) is 38.7. The van der Waals surface area contributed by atoms with Gasteiger partial charge in [0.25, 0.3) is 5.56 Å². The van der Waals surface area contributed by atoms with Crippen molar-refractivity contribution >= 4 is 22.4 Å². The van der Waals surface area contributed by atoms with Gasteiger partial charge in [-0.25, -0.2) is 5.10 Å². The van der Waals surface area contributed by atoms with E-state index in [0.29, 0.717) is 5.39 Å². The van der Waals surface area contributed by atoms with Gasteiger partial charge in [0.2, 0.25) is 18.1 Å². The van der Waals surface area contributed by atoms with E-state index in [1.54, 1.807) is 18.2 Å². The van der Waals surface area contributed by atoms with E-state index in [-0.39, 0.29) is 17.0 Å². The van der Waals surface area contributed by atoms with Crippen molar-refractivity contribution in [2.75, 3.05) is 12.3 Å². The second-order valence-electron chi connectivity index (χ2n) is 6.18. The normalized spacial score (nSPS) is 28.1. The fourth-order valence-electron chi connectivity index (χ4n) is 2.99. The van der Waals surface area contributed by atoms with Gasteiger partial charge >= 0.3 is 0 Å². The van der Waals surface area contributed by atoms with Gasteiger partial charge in [-0.1, -0.05) is 6.07 Å². The van der Waals surface area contributed by atoms with Gasteiger partial charge < -0.3 is 35.8 Å². The summed E-state index contributed by atoms with van der Waals surface area (Å²) in [6, 6.07) is 3.56. The fraction of sp³-hybridized carbons (Fsp3) is 0.438. The van der Waals surface area contributed by atoms with Crippen LogP contribution in [0.2, 0.25) is 0 Å². The van der Waals surface area contributed by atoms with Crippen LogP contribution in [0.4, 0.5) is 5.69 Å². The molecule has 0 unspecified atom stereocenters. The van der Waals surface area contributed by atoms with Crippen molar-refractivity contribution in [3.8, 4) is 5.88 Å². The number of H-pyrrole nitrogens is 1. The lowest BCUT2D eigenvalue weighted by molar-refractivity contribution is -0.245.